The van der Waals surface area contributed by atoms with E-state index >= 15 is 0 Å². The van der Waals surface area contributed by atoms with Gasteiger partial charge in [-0.2, -0.15) is 0 Å². The van der Waals surface area contributed by atoms with Crippen LogP contribution in [-0.2, 0) is 18.9 Å². The molecule has 88 valence electrons. The van der Waals surface area contributed by atoms with Crippen molar-refractivity contribution in [3.63, 3.8) is 0 Å². The Morgan fingerprint density at radius 3 is 1.87 bits per heavy atom. The minimum Gasteiger partial charge on any atom is -0.438 e. The van der Waals surface area contributed by atoms with Crippen molar-refractivity contribution in [1.29, 1.82) is 0 Å². The van der Waals surface area contributed by atoms with Crippen LogP contribution in [0.15, 0.2) is 0 Å². The van der Waals surface area contributed by atoms with Crippen LogP contribution in [0.4, 0.5) is 9.59 Å². The summed E-state index contributed by atoms with van der Waals surface area (Å²) in [6.45, 7) is 5.04. The van der Waals surface area contributed by atoms with Crippen LogP contribution in [-0.4, -0.2) is 38.2 Å². The zero-order valence-electron chi connectivity index (χ0n) is 9.36. The fourth-order valence-corrected chi connectivity index (χ4v) is 0.588. The summed E-state index contributed by atoms with van der Waals surface area (Å²) in [4.78, 5) is 21.4. The molecule has 0 aromatic carbocycles. The van der Waals surface area contributed by atoms with Gasteiger partial charge in [-0.05, 0) is 20.8 Å². The molecule has 15 heavy (non-hydrogen) atoms. The van der Waals surface area contributed by atoms with E-state index < -0.39 is 17.9 Å². The Morgan fingerprint density at radius 2 is 1.47 bits per heavy atom. The van der Waals surface area contributed by atoms with Crippen molar-refractivity contribution in [1.82, 2.24) is 0 Å². The third-order valence-electron chi connectivity index (χ3n) is 1.08. The molecule has 6 nitrogen and oxygen atoms in total. The molecule has 0 heterocycles. The van der Waals surface area contributed by atoms with E-state index in [9.17, 15) is 9.59 Å². The molecule has 0 aromatic heterocycles. The van der Waals surface area contributed by atoms with Gasteiger partial charge in [0.15, 0.2) is 0 Å². The van der Waals surface area contributed by atoms with E-state index in [1.807, 2.05) is 0 Å². The van der Waals surface area contributed by atoms with Gasteiger partial charge in [0.1, 0.15) is 18.8 Å². The smallest absolute Gasteiger partial charge is 0.438 e. The molecule has 0 spiro atoms. The summed E-state index contributed by atoms with van der Waals surface area (Å²) in [6.07, 6.45) is -1.61. The minimum atomic E-state index is -0.817. The molecule has 0 bridgehead atoms. The molecule has 0 fully saturated rings. The Bertz CT molecular complexity index is 217. The molecular weight excluding hydrogens is 204 g/mol. The summed E-state index contributed by atoms with van der Waals surface area (Å²) < 4.78 is 18.1. The Hall–Kier alpha value is -1.46. The van der Waals surface area contributed by atoms with Crippen molar-refractivity contribution in [3.8, 4) is 0 Å². The number of carbonyl (C=O) groups is 2. The maximum absolute atomic E-state index is 11.0. The molecule has 0 N–H and O–H groups in total. The first-order valence-corrected chi connectivity index (χ1v) is 4.41. The maximum Gasteiger partial charge on any atom is 0.508 e. The predicted octanol–water partition coefficient (Wildman–Crippen LogP) is 1.72. The van der Waals surface area contributed by atoms with Gasteiger partial charge >= 0.3 is 12.3 Å². The molecule has 0 atom stereocenters. The van der Waals surface area contributed by atoms with E-state index in [0.29, 0.717) is 0 Å². The molecule has 0 aliphatic rings. The number of methoxy groups -OCH3 is 1. The number of rotatable bonds is 3. The summed E-state index contributed by atoms with van der Waals surface area (Å²) in [5, 5.41) is 0. The second-order valence-electron chi connectivity index (χ2n) is 3.62. The topological polar surface area (TPSA) is 71.1 Å². The average Bonchev–Trinajstić information content (AvgIpc) is 2.09. The molecule has 0 aliphatic heterocycles. The zero-order chi connectivity index (χ0) is 11.9. The van der Waals surface area contributed by atoms with Gasteiger partial charge in [-0.1, -0.05) is 0 Å². The van der Waals surface area contributed by atoms with Gasteiger partial charge in [-0.15, -0.1) is 0 Å². The highest BCUT2D eigenvalue weighted by atomic mass is 16.7. The van der Waals surface area contributed by atoms with E-state index in [2.05, 4.69) is 14.2 Å². The highest BCUT2D eigenvalue weighted by Crippen LogP contribution is 2.07. The number of ether oxygens (including phenoxy) is 4. The summed E-state index contributed by atoms with van der Waals surface area (Å²) >= 11 is 0. The molecule has 6 heteroatoms. The van der Waals surface area contributed by atoms with E-state index in [4.69, 9.17) is 4.74 Å². The second kappa shape index (κ2) is 6.10. The lowest BCUT2D eigenvalue weighted by Gasteiger charge is -2.18. The van der Waals surface area contributed by atoms with Crippen molar-refractivity contribution < 1.29 is 28.5 Å². The van der Waals surface area contributed by atoms with Gasteiger partial charge in [-0.25, -0.2) is 9.59 Å². The van der Waals surface area contributed by atoms with Crippen molar-refractivity contribution >= 4 is 12.3 Å². The summed E-state index contributed by atoms with van der Waals surface area (Å²) in [5.74, 6) is 0. The van der Waals surface area contributed by atoms with Gasteiger partial charge < -0.3 is 18.9 Å². The van der Waals surface area contributed by atoms with E-state index in [0.717, 1.165) is 0 Å². The fourth-order valence-electron chi connectivity index (χ4n) is 0.588. The van der Waals surface area contributed by atoms with Crippen LogP contribution < -0.4 is 0 Å². The Morgan fingerprint density at radius 1 is 1.00 bits per heavy atom. The Kier molecular flexibility index (Phi) is 5.51. The van der Waals surface area contributed by atoms with Crippen LogP contribution in [0.1, 0.15) is 20.8 Å². The fraction of sp³-hybridized carbons (Fsp3) is 0.778. The first kappa shape index (κ1) is 13.5. The highest BCUT2D eigenvalue weighted by Gasteiger charge is 2.17. The lowest BCUT2D eigenvalue weighted by atomic mass is 10.2. The van der Waals surface area contributed by atoms with Gasteiger partial charge in [-0.3, -0.25) is 0 Å². The van der Waals surface area contributed by atoms with Crippen LogP contribution in [0.25, 0.3) is 0 Å². The lowest BCUT2D eigenvalue weighted by Crippen LogP contribution is -2.25. The van der Waals surface area contributed by atoms with Crippen LogP contribution in [0, 0.1) is 0 Å². The van der Waals surface area contributed by atoms with Gasteiger partial charge in [0, 0.05) is 0 Å². The quantitative estimate of drug-likeness (QED) is 0.532. The van der Waals surface area contributed by atoms with Crippen molar-refractivity contribution in [2.45, 2.75) is 26.4 Å². The molecule has 0 saturated heterocycles. The Labute approximate surface area is 88.4 Å². The first-order valence-electron chi connectivity index (χ1n) is 4.41. The molecule has 0 amide bonds. The zero-order valence-corrected chi connectivity index (χ0v) is 9.36. The predicted molar refractivity (Wildman–Crippen MR) is 50.5 cm³/mol. The highest BCUT2D eigenvalue weighted by molar-refractivity contribution is 5.61. The molecule has 0 unspecified atom stereocenters. The third-order valence-corrected chi connectivity index (χ3v) is 1.08. The first-order chi connectivity index (χ1) is 6.85. The van der Waals surface area contributed by atoms with Crippen molar-refractivity contribution in [3.05, 3.63) is 0 Å². The maximum atomic E-state index is 11.0. The van der Waals surface area contributed by atoms with Crippen LogP contribution in [0.2, 0.25) is 0 Å². The molecule has 0 rings (SSSR count). The monoisotopic (exact) mass is 220 g/mol. The van der Waals surface area contributed by atoms with Gasteiger partial charge in [0.25, 0.3) is 0 Å². The van der Waals surface area contributed by atoms with Gasteiger partial charge in [0.2, 0.25) is 0 Å². The van der Waals surface area contributed by atoms with Crippen molar-refractivity contribution in [2.24, 2.45) is 0 Å². The standard InChI is InChI=1S/C9H16O6/c1-9(2,3)15-8(11)14-6-5-13-7(10)12-4/h5-6H2,1-4H3. The minimum absolute atomic E-state index is 0.0636. The second-order valence-corrected chi connectivity index (χ2v) is 3.62. The SMILES string of the molecule is COC(=O)OCCOC(=O)OC(C)(C)C. The van der Waals surface area contributed by atoms with Crippen molar-refractivity contribution in [2.75, 3.05) is 20.3 Å². The van der Waals surface area contributed by atoms with E-state index in [-0.39, 0.29) is 13.2 Å². The summed E-state index contributed by atoms with van der Waals surface area (Å²) in [6, 6.07) is 0. The van der Waals surface area contributed by atoms with Crippen LogP contribution in [0.5, 0.6) is 0 Å². The molecule has 0 radical (unpaired) electrons. The molecular formula is C9H16O6. The lowest BCUT2D eigenvalue weighted by molar-refractivity contribution is -0.0176. The van der Waals surface area contributed by atoms with Crippen LogP contribution in [0.3, 0.4) is 0 Å². The molecule has 0 saturated carbocycles. The van der Waals surface area contributed by atoms with Gasteiger partial charge in [0.05, 0.1) is 7.11 Å². The largest absolute Gasteiger partial charge is 0.508 e. The Balaban J connectivity index is 3.52. The summed E-state index contributed by atoms with van der Waals surface area (Å²) in [5.41, 5.74) is -0.597. The average molecular weight is 220 g/mol. The van der Waals surface area contributed by atoms with Crippen LogP contribution >= 0.6 is 0 Å². The normalized spacial score (nSPS) is 10.4. The van der Waals surface area contributed by atoms with E-state index in [1.165, 1.54) is 7.11 Å². The number of carbonyl (C=O) groups excluding carboxylic acids is 2. The third kappa shape index (κ3) is 8.86. The molecule has 0 aromatic rings. The number of hydrogen-bond acceptors (Lipinski definition) is 6. The molecule has 0 aliphatic carbocycles. The number of hydrogen-bond donors (Lipinski definition) is 0. The van der Waals surface area contributed by atoms with E-state index in [1.54, 1.807) is 20.8 Å². The summed E-state index contributed by atoms with van der Waals surface area (Å²) in [7, 11) is 1.19.